The maximum absolute atomic E-state index is 10.3. The fourth-order valence-corrected chi connectivity index (χ4v) is 1.88. The topological polar surface area (TPSA) is 57.5 Å². The molecule has 0 aromatic rings. The molecule has 0 aliphatic heterocycles. The van der Waals surface area contributed by atoms with E-state index in [4.69, 9.17) is 5.11 Å². The highest BCUT2D eigenvalue weighted by Crippen LogP contribution is 1.99. The molecule has 0 aliphatic carbocycles. The molecule has 1 unspecified atom stereocenters. The van der Waals surface area contributed by atoms with Gasteiger partial charge in [-0.15, -0.1) is 0 Å². The lowest BCUT2D eigenvalue weighted by molar-refractivity contribution is -0.136. The second kappa shape index (κ2) is 18.2. The lowest BCUT2D eigenvalue weighted by Gasteiger charge is -1.98. The van der Waals surface area contributed by atoms with Crippen molar-refractivity contribution in [1.82, 2.24) is 0 Å². The van der Waals surface area contributed by atoms with Gasteiger partial charge in [-0.25, -0.2) is 0 Å². The van der Waals surface area contributed by atoms with Crippen LogP contribution >= 0.6 is 0 Å². The van der Waals surface area contributed by atoms with Crippen LogP contribution in [-0.2, 0) is 4.79 Å². The van der Waals surface area contributed by atoms with E-state index in [-0.39, 0.29) is 6.42 Å². The summed E-state index contributed by atoms with van der Waals surface area (Å²) < 4.78 is 0. The Labute approximate surface area is 152 Å². The van der Waals surface area contributed by atoms with Crippen molar-refractivity contribution in [3.8, 4) is 0 Å². The summed E-state index contributed by atoms with van der Waals surface area (Å²) in [6.45, 7) is 2.14. The Kier molecular flexibility index (Phi) is 16.7. The van der Waals surface area contributed by atoms with Gasteiger partial charge in [-0.05, 0) is 38.5 Å². The number of hydrogen-bond acceptors (Lipinski definition) is 2. The van der Waals surface area contributed by atoms with Crippen LogP contribution in [0.5, 0.6) is 0 Å². The first-order valence-electron chi connectivity index (χ1n) is 9.01. The third-order valence-corrected chi connectivity index (χ3v) is 3.21. The van der Waals surface area contributed by atoms with Gasteiger partial charge in [0.25, 0.3) is 0 Å². The molecule has 0 aromatic carbocycles. The number of aliphatic hydroxyl groups excluding tert-OH is 1. The fourth-order valence-electron chi connectivity index (χ4n) is 1.88. The molecule has 0 amide bonds. The summed E-state index contributed by atoms with van der Waals surface area (Å²) in [4.78, 5) is 10.3. The van der Waals surface area contributed by atoms with Gasteiger partial charge < -0.3 is 10.2 Å². The summed E-state index contributed by atoms with van der Waals surface area (Å²) in [5.41, 5.74) is 0. The van der Waals surface area contributed by atoms with Crippen LogP contribution in [-0.4, -0.2) is 22.3 Å². The van der Waals surface area contributed by atoms with Gasteiger partial charge in [0, 0.05) is 6.42 Å². The minimum Gasteiger partial charge on any atom is -0.481 e. The average Bonchev–Trinajstić information content (AvgIpc) is 2.58. The largest absolute Gasteiger partial charge is 0.481 e. The zero-order chi connectivity index (χ0) is 18.6. The number of carboxylic acids is 1. The Balaban J connectivity index is 3.72. The molecular formula is C22H32O3. The zero-order valence-electron chi connectivity index (χ0n) is 15.3. The summed E-state index contributed by atoms with van der Waals surface area (Å²) in [7, 11) is 0. The molecule has 0 radical (unpaired) electrons. The van der Waals surface area contributed by atoms with E-state index >= 15 is 0 Å². The molecule has 0 aromatic heterocycles. The van der Waals surface area contributed by atoms with Crippen molar-refractivity contribution < 1.29 is 15.0 Å². The number of carbonyl (C=O) groups is 1. The molecule has 3 nitrogen and oxygen atoms in total. The number of allylic oxidation sites excluding steroid dienone is 10. The van der Waals surface area contributed by atoms with E-state index in [9.17, 15) is 9.90 Å². The predicted molar refractivity (Wildman–Crippen MR) is 106 cm³/mol. The lowest BCUT2D eigenvalue weighted by Crippen LogP contribution is -1.99. The SMILES string of the molecule is CC/C=C\C/C=C\CC\C=C/C=C/C=C/C(O)C/C=C\CCC(=O)O. The molecule has 0 aliphatic rings. The minimum absolute atomic E-state index is 0.128. The minimum atomic E-state index is -0.802. The lowest BCUT2D eigenvalue weighted by atomic mass is 10.2. The van der Waals surface area contributed by atoms with Crippen molar-refractivity contribution in [1.29, 1.82) is 0 Å². The molecule has 1 atom stereocenters. The van der Waals surface area contributed by atoms with Crippen LogP contribution in [0.1, 0.15) is 51.9 Å². The van der Waals surface area contributed by atoms with Crippen LogP contribution in [0.4, 0.5) is 0 Å². The van der Waals surface area contributed by atoms with Crippen molar-refractivity contribution in [3.63, 3.8) is 0 Å². The van der Waals surface area contributed by atoms with Crippen molar-refractivity contribution in [2.45, 2.75) is 58.0 Å². The maximum Gasteiger partial charge on any atom is 0.303 e. The van der Waals surface area contributed by atoms with E-state index in [0.717, 1.165) is 25.7 Å². The number of aliphatic hydroxyl groups is 1. The smallest absolute Gasteiger partial charge is 0.303 e. The fraction of sp³-hybridized carbons (Fsp3) is 0.409. The number of unbranched alkanes of at least 4 members (excludes halogenated alkanes) is 1. The van der Waals surface area contributed by atoms with Crippen molar-refractivity contribution >= 4 is 5.97 Å². The highest BCUT2D eigenvalue weighted by molar-refractivity contribution is 5.66. The van der Waals surface area contributed by atoms with Gasteiger partial charge in [0.2, 0.25) is 0 Å². The van der Waals surface area contributed by atoms with E-state index in [0.29, 0.717) is 12.8 Å². The zero-order valence-corrected chi connectivity index (χ0v) is 15.3. The van der Waals surface area contributed by atoms with Crippen LogP contribution in [0.15, 0.2) is 72.9 Å². The van der Waals surface area contributed by atoms with Crippen molar-refractivity contribution in [2.75, 3.05) is 0 Å². The van der Waals surface area contributed by atoms with Gasteiger partial charge >= 0.3 is 5.97 Å². The monoisotopic (exact) mass is 344 g/mol. The molecule has 0 spiro atoms. The van der Waals surface area contributed by atoms with Crippen LogP contribution in [0.25, 0.3) is 0 Å². The van der Waals surface area contributed by atoms with Gasteiger partial charge in [0.05, 0.1) is 6.10 Å². The first kappa shape index (κ1) is 22.9. The molecule has 2 N–H and O–H groups in total. The Hall–Kier alpha value is -2.13. The first-order chi connectivity index (χ1) is 12.2. The number of hydrogen-bond donors (Lipinski definition) is 2. The van der Waals surface area contributed by atoms with Crippen molar-refractivity contribution in [2.24, 2.45) is 0 Å². The normalized spacial score (nSPS) is 14.3. The third kappa shape index (κ3) is 19.8. The molecule has 0 saturated carbocycles. The van der Waals surface area contributed by atoms with Gasteiger partial charge in [-0.1, -0.05) is 79.8 Å². The van der Waals surface area contributed by atoms with E-state index in [1.54, 1.807) is 12.2 Å². The average molecular weight is 344 g/mol. The van der Waals surface area contributed by atoms with Gasteiger partial charge in [0.1, 0.15) is 0 Å². The molecule has 0 rings (SSSR count). The van der Waals surface area contributed by atoms with Crippen LogP contribution in [0, 0.1) is 0 Å². The molecule has 0 saturated heterocycles. The Morgan fingerprint density at radius 1 is 0.840 bits per heavy atom. The summed E-state index contributed by atoms with van der Waals surface area (Å²) >= 11 is 0. The summed E-state index contributed by atoms with van der Waals surface area (Å²) in [5.74, 6) is -0.802. The molecule has 138 valence electrons. The summed E-state index contributed by atoms with van der Waals surface area (Å²) in [5, 5.41) is 18.2. The first-order valence-corrected chi connectivity index (χ1v) is 9.01. The Morgan fingerprint density at radius 2 is 1.52 bits per heavy atom. The van der Waals surface area contributed by atoms with Crippen LogP contribution < -0.4 is 0 Å². The van der Waals surface area contributed by atoms with Gasteiger partial charge in [0.15, 0.2) is 0 Å². The van der Waals surface area contributed by atoms with E-state index in [1.165, 1.54) is 0 Å². The predicted octanol–water partition coefficient (Wildman–Crippen LogP) is 5.52. The third-order valence-electron chi connectivity index (χ3n) is 3.21. The quantitative estimate of drug-likeness (QED) is 0.248. The second-order valence-corrected chi connectivity index (χ2v) is 5.57. The van der Waals surface area contributed by atoms with Crippen LogP contribution in [0.3, 0.4) is 0 Å². The molecule has 0 fully saturated rings. The van der Waals surface area contributed by atoms with E-state index < -0.39 is 12.1 Å². The van der Waals surface area contributed by atoms with Crippen molar-refractivity contribution in [3.05, 3.63) is 72.9 Å². The second-order valence-electron chi connectivity index (χ2n) is 5.57. The highest BCUT2D eigenvalue weighted by atomic mass is 16.4. The van der Waals surface area contributed by atoms with Crippen LogP contribution in [0.2, 0.25) is 0 Å². The highest BCUT2D eigenvalue weighted by Gasteiger charge is 1.94. The Bertz CT molecular complexity index is 493. The molecular weight excluding hydrogens is 312 g/mol. The number of aliphatic carboxylic acids is 1. The van der Waals surface area contributed by atoms with Gasteiger partial charge in [-0.2, -0.15) is 0 Å². The molecule has 25 heavy (non-hydrogen) atoms. The Morgan fingerprint density at radius 3 is 2.28 bits per heavy atom. The summed E-state index contributed by atoms with van der Waals surface area (Å²) in [6, 6.07) is 0. The van der Waals surface area contributed by atoms with Gasteiger partial charge in [-0.3, -0.25) is 4.79 Å². The molecule has 0 heterocycles. The summed E-state index contributed by atoms with van der Waals surface area (Å²) in [6.07, 6.45) is 28.6. The maximum atomic E-state index is 10.3. The molecule has 0 bridgehead atoms. The standard InChI is InChI=1S/C22H32O3/c1-2-3-4-5-6-7-8-9-10-11-12-13-15-18-21(23)19-16-14-17-20-22(24)25/h3-4,6-7,10-16,18,21,23H,2,5,8-9,17,19-20H2,1H3,(H,24,25)/b4-3-,7-6-,11-10-,13-12+,16-14-,18-15+. The number of rotatable bonds is 14. The number of carboxylic acid groups (broad SMARTS) is 1. The van der Waals surface area contributed by atoms with E-state index in [1.807, 2.05) is 30.4 Å². The van der Waals surface area contributed by atoms with E-state index in [2.05, 4.69) is 37.3 Å². The molecule has 3 heteroatoms.